The van der Waals surface area contributed by atoms with Gasteiger partial charge in [-0.25, -0.2) is 4.98 Å². The predicted octanol–water partition coefficient (Wildman–Crippen LogP) is 2.22. The van der Waals surface area contributed by atoms with E-state index in [1.807, 2.05) is 19.1 Å². The third-order valence-electron chi connectivity index (χ3n) is 4.14. The van der Waals surface area contributed by atoms with E-state index in [1.165, 1.54) is 5.56 Å². The normalized spacial score (nSPS) is 17.3. The van der Waals surface area contributed by atoms with Gasteiger partial charge in [0, 0.05) is 37.1 Å². The van der Waals surface area contributed by atoms with Gasteiger partial charge in [0.15, 0.2) is 0 Å². The minimum atomic E-state index is 0.399. The zero-order valence-electron chi connectivity index (χ0n) is 14.8. The first-order chi connectivity index (χ1) is 12.2. The summed E-state index contributed by atoms with van der Waals surface area (Å²) in [7, 11) is 1.63. The summed E-state index contributed by atoms with van der Waals surface area (Å²) in [4.78, 5) is 4.38. The Morgan fingerprint density at radius 2 is 2.08 bits per heavy atom. The fourth-order valence-corrected chi connectivity index (χ4v) is 2.79. The number of aryl methyl sites for hydroxylation is 1. The van der Waals surface area contributed by atoms with Gasteiger partial charge in [-0.2, -0.15) is 0 Å². The van der Waals surface area contributed by atoms with Crippen LogP contribution in [0.15, 0.2) is 36.4 Å². The molecule has 1 aromatic carbocycles. The van der Waals surface area contributed by atoms with Crippen LogP contribution in [0.25, 0.3) is 0 Å². The number of ether oxygens (including phenoxy) is 2. The largest absolute Gasteiger partial charge is 0.480 e. The number of benzene rings is 1. The van der Waals surface area contributed by atoms with Crippen LogP contribution in [-0.2, 0) is 11.3 Å². The molecular weight excluding hydrogens is 316 g/mol. The van der Waals surface area contributed by atoms with E-state index >= 15 is 0 Å². The van der Waals surface area contributed by atoms with Gasteiger partial charge < -0.3 is 25.4 Å². The standard InChI is InChI=1S/C19H26N4O2/c1-14-3-8-18(19(22-14)24-2)23-16-6-4-15(5-7-16)11-20-12-17-13-25-10-9-21-17/h3-8,17,20-21,23H,9-13H2,1-2H3. The molecule has 6 heteroatoms. The van der Waals surface area contributed by atoms with Gasteiger partial charge in [-0.1, -0.05) is 12.1 Å². The highest BCUT2D eigenvalue weighted by atomic mass is 16.5. The van der Waals surface area contributed by atoms with Crippen molar-refractivity contribution in [3.63, 3.8) is 0 Å². The van der Waals surface area contributed by atoms with Gasteiger partial charge in [-0.15, -0.1) is 0 Å². The van der Waals surface area contributed by atoms with Gasteiger partial charge in [-0.3, -0.25) is 0 Å². The zero-order valence-corrected chi connectivity index (χ0v) is 14.8. The van der Waals surface area contributed by atoms with Crippen molar-refractivity contribution in [1.82, 2.24) is 15.6 Å². The Hall–Kier alpha value is -2.15. The van der Waals surface area contributed by atoms with Crippen molar-refractivity contribution in [3.8, 4) is 5.88 Å². The summed E-state index contributed by atoms with van der Waals surface area (Å²) in [5, 5.41) is 10.3. The van der Waals surface area contributed by atoms with Crippen LogP contribution in [0, 0.1) is 6.92 Å². The molecule has 2 heterocycles. The van der Waals surface area contributed by atoms with E-state index in [1.54, 1.807) is 7.11 Å². The molecule has 0 saturated carbocycles. The highest BCUT2D eigenvalue weighted by molar-refractivity contribution is 5.64. The monoisotopic (exact) mass is 342 g/mol. The molecule has 0 radical (unpaired) electrons. The second-order valence-electron chi connectivity index (χ2n) is 6.19. The molecule has 1 aliphatic heterocycles. The minimum absolute atomic E-state index is 0.399. The lowest BCUT2D eigenvalue weighted by atomic mass is 10.2. The first-order valence-corrected chi connectivity index (χ1v) is 8.64. The Kier molecular flexibility index (Phi) is 6.22. The van der Waals surface area contributed by atoms with Crippen LogP contribution in [0.5, 0.6) is 5.88 Å². The molecule has 1 aromatic heterocycles. The summed E-state index contributed by atoms with van der Waals surface area (Å²) in [6.07, 6.45) is 0. The molecule has 3 rings (SSSR count). The summed E-state index contributed by atoms with van der Waals surface area (Å²) >= 11 is 0. The van der Waals surface area contributed by atoms with Crippen molar-refractivity contribution in [1.29, 1.82) is 0 Å². The van der Waals surface area contributed by atoms with Gasteiger partial charge >= 0.3 is 0 Å². The van der Waals surface area contributed by atoms with Gasteiger partial charge in [0.05, 0.1) is 20.3 Å². The van der Waals surface area contributed by atoms with Crippen molar-refractivity contribution < 1.29 is 9.47 Å². The summed E-state index contributed by atoms with van der Waals surface area (Å²) in [6, 6.07) is 12.7. The predicted molar refractivity (Wildman–Crippen MR) is 99.6 cm³/mol. The second-order valence-corrected chi connectivity index (χ2v) is 6.19. The molecule has 0 spiro atoms. The Labute approximate surface area is 148 Å². The summed E-state index contributed by atoms with van der Waals surface area (Å²) in [6.45, 7) is 6.22. The van der Waals surface area contributed by atoms with E-state index in [-0.39, 0.29) is 0 Å². The van der Waals surface area contributed by atoms with Crippen LogP contribution >= 0.6 is 0 Å². The average molecular weight is 342 g/mol. The summed E-state index contributed by atoms with van der Waals surface area (Å²) in [5.74, 6) is 0.605. The first kappa shape index (κ1) is 17.7. The minimum Gasteiger partial charge on any atom is -0.480 e. The van der Waals surface area contributed by atoms with Crippen LogP contribution in [0.4, 0.5) is 11.4 Å². The molecule has 6 nitrogen and oxygen atoms in total. The Bertz CT molecular complexity index is 670. The maximum atomic E-state index is 5.46. The van der Waals surface area contributed by atoms with E-state index in [0.717, 1.165) is 49.9 Å². The number of rotatable bonds is 7. The van der Waals surface area contributed by atoms with Gasteiger partial charge in [0.1, 0.15) is 5.69 Å². The number of anilines is 2. The molecule has 1 aliphatic rings. The maximum absolute atomic E-state index is 5.46. The SMILES string of the molecule is COc1nc(C)ccc1Nc1ccc(CNCC2COCCN2)cc1. The number of pyridine rings is 1. The van der Waals surface area contributed by atoms with Crippen molar-refractivity contribution >= 4 is 11.4 Å². The number of aromatic nitrogens is 1. The van der Waals surface area contributed by atoms with E-state index in [9.17, 15) is 0 Å². The van der Waals surface area contributed by atoms with Crippen LogP contribution in [0.1, 0.15) is 11.3 Å². The topological polar surface area (TPSA) is 67.4 Å². The molecule has 134 valence electrons. The van der Waals surface area contributed by atoms with Crippen LogP contribution in [0.3, 0.4) is 0 Å². The van der Waals surface area contributed by atoms with E-state index in [4.69, 9.17) is 9.47 Å². The van der Waals surface area contributed by atoms with Gasteiger partial charge in [-0.05, 0) is 36.8 Å². The lowest BCUT2D eigenvalue weighted by Gasteiger charge is -2.24. The van der Waals surface area contributed by atoms with Crippen LogP contribution in [0.2, 0.25) is 0 Å². The van der Waals surface area contributed by atoms with Crippen LogP contribution < -0.4 is 20.7 Å². The fourth-order valence-electron chi connectivity index (χ4n) is 2.79. The number of morpholine rings is 1. The smallest absolute Gasteiger partial charge is 0.237 e. The lowest BCUT2D eigenvalue weighted by molar-refractivity contribution is 0.0766. The molecule has 0 aliphatic carbocycles. The molecule has 2 aromatic rings. The molecule has 1 fully saturated rings. The Morgan fingerprint density at radius 1 is 1.24 bits per heavy atom. The number of nitrogens with zero attached hydrogens (tertiary/aromatic N) is 1. The number of methoxy groups -OCH3 is 1. The van der Waals surface area contributed by atoms with E-state index in [2.05, 4.69) is 45.2 Å². The fraction of sp³-hybridized carbons (Fsp3) is 0.421. The third kappa shape index (κ3) is 5.16. The first-order valence-electron chi connectivity index (χ1n) is 8.64. The van der Waals surface area contributed by atoms with Crippen molar-refractivity contribution in [2.75, 3.05) is 38.7 Å². The molecule has 0 amide bonds. The molecule has 25 heavy (non-hydrogen) atoms. The van der Waals surface area contributed by atoms with Crippen LogP contribution in [-0.4, -0.2) is 44.4 Å². The molecule has 0 bridgehead atoms. The Morgan fingerprint density at radius 3 is 2.80 bits per heavy atom. The number of hydrogen-bond donors (Lipinski definition) is 3. The van der Waals surface area contributed by atoms with Crippen molar-refractivity contribution in [2.45, 2.75) is 19.5 Å². The third-order valence-corrected chi connectivity index (χ3v) is 4.14. The number of hydrogen-bond acceptors (Lipinski definition) is 6. The molecule has 3 N–H and O–H groups in total. The number of nitrogens with one attached hydrogen (secondary N) is 3. The lowest BCUT2D eigenvalue weighted by Crippen LogP contribution is -2.47. The molecule has 1 unspecified atom stereocenters. The summed E-state index contributed by atoms with van der Waals surface area (Å²) < 4.78 is 10.8. The average Bonchev–Trinajstić information content (AvgIpc) is 2.65. The highest BCUT2D eigenvalue weighted by Gasteiger charge is 2.11. The summed E-state index contributed by atoms with van der Waals surface area (Å²) in [5.41, 5.74) is 4.05. The Balaban J connectivity index is 1.51. The van der Waals surface area contributed by atoms with Gasteiger partial charge in [0.2, 0.25) is 5.88 Å². The second kappa shape index (κ2) is 8.80. The van der Waals surface area contributed by atoms with Crippen molar-refractivity contribution in [3.05, 3.63) is 47.7 Å². The molecule has 1 atom stereocenters. The maximum Gasteiger partial charge on any atom is 0.237 e. The van der Waals surface area contributed by atoms with E-state index in [0.29, 0.717) is 11.9 Å². The highest BCUT2D eigenvalue weighted by Crippen LogP contribution is 2.25. The van der Waals surface area contributed by atoms with E-state index < -0.39 is 0 Å². The van der Waals surface area contributed by atoms with Crippen molar-refractivity contribution in [2.24, 2.45) is 0 Å². The zero-order chi connectivity index (χ0) is 17.5. The molecule has 1 saturated heterocycles. The van der Waals surface area contributed by atoms with Gasteiger partial charge in [0.25, 0.3) is 0 Å². The quantitative estimate of drug-likeness (QED) is 0.717. The molecular formula is C19H26N4O2.